The predicted octanol–water partition coefficient (Wildman–Crippen LogP) is 2.69. The molecule has 0 unspecified atom stereocenters. The van der Waals surface area contributed by atoms with E-state index in [0.717, 1.165) is 27.9 Å². The Kier molecular flexibility index (Phi) is 5.98. The highest BCUT2D eigenvalue weighted by molar-refractivity contribution is 7.99. The standard InChI is InChI=1S/C17H21N3O2S/c1-4-12-9-13-7-5-6-8-14(13)18-17(12)23-10-15(21)19-20-16(22)11(2)3/h5-9,11H,4,10H2,1-3H3,(H,19,21)(H,20,22). The molecule has 1 aromatic heterocycles. The summed E-state index contributed by atoms with van der Waals surface area (Å²) in [6.45, 7) is 5.60. The van der Waals surface area contributed by atoms with E-state index in [1.165, 1.54) is 11.8 Å². The Bertz CT molecular complexity index is 716. The van der Waals surface area contributed by atoms with Gasteiger partial charge in [0.15, 0.2) is 0 Å². The molecule has 0 fully saturated rings. The molecule has 23 heavy (non-hydrogen) atoms. The molecule has 0 aliphatic carbocycles. The molecule has 0 aliphatic rings. The molecule has 0 bridgehead atoms. The van der Waals surface area contributed by atoms with E-state index in [4.69, 9.17) is 0 Å². The molecular weight excluding hydrogens is 310 g/mol. The molecule has 2 rings (SSSR count). The number of aryl methyl sites for hydroxylation is 1. The maximum atomic E-state index is 11.8. The first-order chi connectivity index (χ1) is 11.0. The Morgan fingerprint density at radius 1 is 1.22 bits per heavy atom. The number of aromatic nitrogens is 1. The van der Waals surface area contributed by atoms with Gasteiger partial charge in [0, 0.05) is 11.3 Å². The van der Waals surface area contributed by atoms with Crippen LogP contribution in [0.5, 0.6) is 0 Å². The van der Waals surface area contributed by atoms with Crippen molar-refractivity contribution in [1.82, 2.24) is 15.8 Å². The molecule has 0 atom stereocenters. The highest BCUT2D eigenvalue weighted by Gasteiger charge is 2.11. The zero-order chi connectivity index (χ0) is 16.8. The number of carbonyl (C=O) groups excluding carboxylic acids is 2. The fraction of sp³-hybridized carbons (Fsp3) is 0.353. The average Bonchev–Trinajstić information content (AvgIpc) is 2.56. The summed E-state index contributed by atoms with van der Waals surface area (Å²) >= 11 is 1.38. The van der Waals surface area contributed by atoms with Gasteiger partial charge in [-0.3, -0.25) is 20.4 Å². The van der Waals surface area contributed by atoms with E-state index < -0.39 is 0 Å². The van der Waals surface area contributed by atoms with Crippen LogP contribution in [0.1, 0.15) is 26.3 Å². The van der Waals surface area contributed by atoms with Gasteiger partial charge in [0.2, 0.25) is 11.8 Å². The van der Waals surface area contributed by atoms with Crippen molar-refractivity contribution in [2.24, 2.45) is 5.92 Å². The van der Waals surface area contributed by atoms with Crippen molar-refractivity contribution < 1.29 is 9.59 Å². The lowest BCUT2D eigenvalue weighted by Crippen LogP contribution is -2.44. The van der Waals surface area contributed by atoms with Crippen LogP contribution < -0.4 is 10.9 Å². The van der Waals surface area contributed by atoms with Crippen LogP contribution in [0.2, 0.25) is 0 Å². The molecule has 1 aromatic carbocycles. The van der Waals surface area contributed by atoms with Gasteiger partial charge in [-0.25, -0.2) is 4.98 Å². The number of carbonyl (C=O) groups is 2. The number of hydrogen-bond acceptors (Lipinski definition) is 4. The van der Waals surface area contributed by atoms with Gasteiger partial charge in [-0.1, -0.05) is 50.7 Å². The maximum absolute atomic E-state index is 11.8. The smallest absolute Gasteiger partial charge is 0.248 e. The lowest BCUT2D eigenvalue weighted by molar-refractivity contribution is -0.129. The van der Waals surface area contributed by atoms with Crippen molar-refractivity contribution in [3.63, 3.8) is 0 Å². The van der Waals surface area contributed by atoms with E-state index in [2.05, 4.69) is 28.8 Å². The number of rotatable bonds is 5. The van der Waals surface area contributed by atoms with Crippen molar-refractivity contribution >= 4 is 34.5 Å². The van der Waals surface area contributed by atoms with Gasteiger partial charge < -0.3 is 0 Å². The Morgan fingerprint density at radius 2 is 1.96 bits per heavy atom. The number of nitrogens with zero attached hydrogens (tertiary/aromatic N) is 1. The summed E-state index contributed by atoms with van der Waals surface area (Å²) in [5, 5.41) is 1.96. The third-order valence-electron chi connectivity index (χ3n) is 3.33. The van der Waals surface area contributed by atoms with Crippen LogP contribution >= 0.6 is 11.8 Å². The fourth-order valence-electron chi connectivity index (χ4n) is 1.97. The number of pyridine rings is 1. The molecule has 2 amide bonds. The molecule has 2 N–H and O–H groups in total. The lowest BCUT2D eigenvalue weighted by Gasteiger charge is -2.10. The number of benzene rings is 1. The summed E-state index contributed by atoms with van der Waals surface area (Å²) in [5.74, 6) is -0.421. The van der Waals surface area contributed by atoms with E-state index in [1.54, 1.807) is 13.8 Å². The lowest BCUT2D eigenvalue weighted by atomic mass is 10.1. The molecule has 0 saturated heterocycles. The molecule has 0 spiro atoms. The Balaban J connectivity index is 2.01. The van der Waals surface area contributed by atoms with Gasteiger partial charge in [-0.05, 0) is 24.1 Å². The van der Waals surface area contributed by atoms with Crippen molar-refractivity contribution in [2.45, 2.75) is 32.2 Å². The third kappa shape index (κ3) is 4.69. The summed E-state index contributed by atoms with van der Waals surface area (Å²) in [4.78, 5) is 27.9. The van der Waals surface area contributed by atoms with Gasteiger partial charge in [0.25, 0.3) is 0 Å². The highest BCUT2D eigenvalue weighted by atomic mass is 32.2. The molecule has 6 heteroatoms. The number of fused-ring (bicyclic) bond motifs is 1. The summed E-state index contributed by atoms with van der Waals surface area (Å²) in [6, 6.07) is 10.0. The van der Waals surface area contributed by atoms with Crippen LogP contribution in [0.25, 0.3) is 10.9 Å². The number of thioether (sulfide) groups is 1. The summed E-state index contributed by atoms with van der Waals surface area (Å²) in [6.07, 6.45) is 0.853. The second-order valence-corrected chi connectivity index (χ2v) is 6.44. The van der Waals surface area contributed by atoms with Gasteiger partial charge in [0.05, 0.1) is 11.3 Å². The van der Waals surface area contributed by atoms with Crippen LogP contribution in [0.15, 0.2) is 35.4 Å². The van der Waals surface area contributed by atoms with Crippen LogP contribution in [0.4, 0.5) is 0 Å². The van der Waals surface area contributed by atoms with E-state index in [9.17, 15) is 9.59 Å². The SMILES string of the molecule is CCc1cc2ccccc2nc1SCC(=O)NNC(=O)C(C)C. The minimum Gasteiger partial charge on any atom is -0.273 e. The second-order valence-electron chi connectivity index (χ2n) is 5.48. The molecule has 0 saturated carbocycles. The van der Waals surface area contributed by atoms with E-state index in [1.807, 2.05) is 24.3 Å². The van der Waals surface area contributed by atoms with E-state index >= 15 is 0 Å². The van der Waals surface area contributed by atoms with Crippen LogP contribution in [0, 0.1) is 5.92 Å². The van der Waals surface area contributed by atoms with Crippen molar-refractivity contribution in [3.05, 3.63) is 35.9 Å². The van der Waals surface area contributed by atoms with Crippen LogP contribution in [-0.2, 0) is 16.0 Å². The minimum absolute atomic E-state index is 0.170. The van der Waals surface area contributed by atoms with Crippen LogP contribution in [-0.4, -0.2) is 22.6 Å². The zero-order valence-corrected chi connectivity index (χ0v) is 14.4. The number of amides is 2. The molecule has 122 valence electrons. The molecular formula is C17H21N3O2S. The molecule has 0 aliphatic heterocycles. The number of hydrazine groups is 1. The minimum atomic E-state index is -0.249. The van der Waals surface area contributed by atoms with Gasteiger partial charge in [0.1, 0.15) is 5.03 Å². The molecule has 2 aromatic rings. The number of nitrogens with one attached hydrogen (secondary N) is 2. The summed E-state index contributed by atoms with van der Waals surface area (Å²) < 4.78 is 0. The zero-order valence-electron chi connectivity index (χ0n) is 13.6. The first-order valence-electron chi connectivity index (χ1n) is 7.61. The molecule has 0 radical (unpaired) electrons. The van der Waals surface area contributed by atoms with Gasteiger partial charge in [-0.15, -0.1) is 0 Å². The fourth-order valence-corrected chi connectivity index (χ4v) is 2.86. The molecule has 1 heterocycles. The molecule has 5 nitrogen and oxygen atoms in total. The monoisotopic (exact) mass is 331 g/mol. The Hall–Kier alpha value is -2.08. The largest absolute Gasteiger partial charge is 0.273 e. The normalized spacial score (nSPS) is 10.8. The van der Waals surface area contributed by atoms with Crippen molar-refractivity contribution in [2.75, 3.05) is 5.75 Å². The maximum Gasteiger partial charge on any atom is 0.248 e. The number of para-hydroxylation sites is 1. The average molecular weight is 331 g/mol. The summed E-state index contributed by atoms with van der Waals surface area (Å²) in [7, 11) is 0. The van der Waals surface area contributed by atoms with E-state index in [0.29, 0.717) is 0 Å². The first kappa shape index (κ1) is 17.3. The second kappa shape index (κ2) is 7.97. The summed E-state index contributed by atoms with van der Waals surface area (Å²) in [5.41, 5.74) is 6.86. The van der Waals surface area contributed by atoms with Crippen molar-refractivity contribution in [1.29, 1.82) is 0 Å². The number of hydrogen-bond donors (Lipinski definition) is 2. The van der Waals surface area contributed by atoms with Crippen LogP contribution in [0.3, 0.4) is 0 Å². The predicted molar refractivity (Wildman–Crippen MR) is 93.0 cm³/mol. The van der Waals surface area contributed by atoms with Gasteiger partial charge >= 0.3 is 0 Å². The van der Waals surface area contributed by atoms with Gasteiger partial charge in [-0.2, -0.15) is 0 Å². The van der Waals surface area contributed by atoms with Crippen molar-refractivity contribution in [3.8, 4) is 0 Å². The quantitative estimate of drug-likeness (QED) is 0.653. The highest BCUT2D eigenvalue weighted by Crippen LogP contribution is 2.25. The topological polar surface area (TPSA) is 71.1 Å². The van der Waals surface area contributed by atoms with E-state index in [-0.39, 0.29) is 23.5 Å². The third-order valence-corrected chi connectivity index (χ3v) is 4.37. The first-order valence-corrected chi connectivity index (χ1v) is 8.60. The Labute approximate surface area is 140 Å². The Morgan fingerprint density at radius 3 is 2.65 bits per heavy atom.